The van der Waals surface area contributed by atoms with E-state index in [4.69, 9.17) is 0 Å². The predicted octanol–water partition coefficient (Wildman–Crippen LogP) is 5.07. The van der Waals surface area contributed by atoms with Crippen molar-refractivity contribution in [2.24, 2.45) is 5.92 Å². The third-order valence-corrected chi connectivity index (χ3v) is 4.87. The van der Waals surface area contributed by atoms with Gasteiger partial charge in [-0.1, -0.05) is 62.2 Å². The minimum atomic E-state index is 0.423. The molecule has 1 fully saturated rings. The normalized spacial score (nSPS) is 24.7. The van der Waals surface area contributed by atoms with Gasteiger partial charge in [-0.25, -0.2) is 0 Å². The molecule has 2 aromatic carbocycles. The van der Waals surface area contributed by atoms with Crippen molar-refractivity contribution in [2.45, 2.75) is 51.6 Å². The lowest BCUT2D eigenvalue weighted by Crippen LogP contribution is -2.38. The molecule has 0 radical (unpaired) electrons. The molecular weight excluding hydrogens is 242 g/mol. The first-order chi connectivity index (χ1) is 9.75. The molecule has 106 valence electrons. The van der Waals surface area contributed by atoms with E-state index in [1.807, 2.05) is 0 Å². The minimum absolute atomic E-state index is 0.423. The molecule has 0 saturated heterocycles. The van der Waals surface area contributed by atoms with Gasteiger partial charge in [0.05, 0.1) is 0 Å². The lowest BCUT2D eigenvalue weighted by molar-refractivity contribution is 0.264. The highest BCUT2D eigenvalue weighted by molar-refractivity contribution is 5.86. The highest BCUT2D eigenvalue weighted by Gasteiger charge is 2.23. The summed E-state index contributed by atoms with van der Waals surface area (Å²) in [6.07, 6.45) is 5.49. The maximum atomic E-state index is 3.88. The smallest absolute Gasteiger partial charge is 0.0300 e. The fraction of sp³-hybridized carbons (Fsp3) is 0.474. The van der Waals surface area contributed by atoms with Gasteiger partial charge in [-0.05, 0) is 42.0 Å². The maximum Gasteiger partial charge on any atom is 0.0300 e. The molecule has 0 amide bonds. The largest absolute Gasteiger partial charge is 0.307 e. The molecule has 3 rings (SSSR count). The summed E-state index contributed by atoms with van der Waals surface area (Å²) in [5.41, 5.74) is 1.43. The van der Waals surface area contributed by atoms with Gasteiger partial charge in [0.15, 0.2) is 0 Å². The quantitative estimate of drug-likeness (QED) is 0.818. The van der Waals surface area contributed by atoms with Crippen LogP contribution in [0.3, 0.4) is 0 Å². The number of nitrogens with one attached hydrogen (secondary N) is 1. The molecule has 0 heterocycles. The Labute approximate surface area is 122 Å². The van der Waals surface area contributed by atoms with E-state index in [1.54, 1.807) is 0 Å². The molecule has 0 aromatic heterocycles. The van der Waals surface area contributed by atoms with Crippen molar-refractivity contribution in [3.8, 4) is 0 Å². The average molecular weight is 267 g/mol. The molecule has 1 nitrogen and oxygen atoms in total. The monoisotopic (exact) mass is 267 g/mol. The minimum Gasteiger partial charge on any atom is -0.307 e. The molecule has 2 aromatic rings. The van der Waals surface area contributed by atoms with Crippen LogP contribution in [0.2, 0.25) is 0 Å². The van der Waals surface area contributed by atoms with Crippen molar-refractivity contribution in [2.75, 3.05) is 0 Å². The fourth-order valence-electron chi connectivity index (χ4n) is 3.60. The summed E-state index contributed by atoms with van der Waals surface area (Å²) >= 11 is 0. The number of rotatable bonds is 3. The summed E-state index contributed by atoms with van der Waals surface area (Å²) in [4.78, 5) is 0. The van der Waals surface area contributed by atoms with Gasteiger partial charge in [-0.15, -0.1) is 0 Å². The van der Waals surface area contributed by atoms with Crippen molar-refractivity contribution in [3.05, 3.63) is 48.0 Å². The van der Waals surface area contributed by atoms with Crippen molar-refractivity contribution >= 4 is 10.8 Å². The van der Waals surface area contributed by atoms with E-state index in [0.29, 0.717) is 12.1 Å². The van der Waals surface area contributed by atoms with Gasteiger partial charge in [0.1, 0.15) is 0 Å². The Morgan fingerprint density at radius 2 is 1.75 bits per heavy atom. The van der Waals surface area contributed by atoms with Crippen LogP contribution < -0.4 is 5.32 Å². The lowest BCUT2D eigenvalue weighted by atomic mass is 9.85. The van der Waals surface area contributed by atoms with Crippen LogP contribution in [-0.4, -0.2) is 6.04 Å². The second kappa shape index (κ2) is 5.97. The third-order valence-electron chi connectivity index (χ3n) is 4.87. The summed E-state index contributed by atoms with van der Waals surface area (Å²) in [6, 6.07) is 16.5. The van der Waals surface area contributed by atoms with E-state index in [1.165, 1.54) is 42.0 Å². The van der Waals surface area contributed by atoms with Gasteiger partial charge in [-0.2, -0.15) is 0 Å². The van der Waals surface area contributed by atoms with E-state index in [9.17, 15) is 0 Å². The molecule has 3 unspecified atom stereocenters. The zero-order valence-electron chi connectivity index (χ0n) is 12.6. The number of hydrogen-bond acceptors (Lipinski definition) is 1. The van der Waals surface area contributed by atoms with Crippen molar-refractivity contribution < 1.29 is 0 Å². The number of hydrogen-bond donors (Lipinski definition) is 1. The molecule has 0 aliphatic heterocycles. The lowest BCUT2D eigenvalue weighted by Gasteiger charge is -2.32. The topological polar surface area (TPSA) is 12.0 Å². The van der Waals surface area contributed by atoms with Crippen LogP contribution in [0.4, 0.5) is 0 Å². The Morgan fingerprint density at radius 1 is 1.00 bits per heavy atom. The van der Waals surface area contributed by atoms with E-state index >= 15 is 0 Å². The van der Waals surface area contributed by atoms with Crippen LogP contribution in [0.5, 0.6) is 0 Å². The molecule has 20 heavy (non-hydrogen) atoms. The van der Waals surface area contributed by atoms with E-state index < -0.39 is 0 Å². The fourth-order valence-corrected chi connectivity index (χ4v) is 3.60. The van der Waals surface area contributed by atoms with Gasteiger partial charge >= 0.3 is 0 Å². The Bertz CT molecular complexity index is 569. The van der Waals surface area contributed by atoms with E-state index in [-0.39, 0.29) is 0 Å². The SMILES string of the molecule is CC(NC1CCCCC1C)c1cccc2ccccc12. The highest BCUT2D eigenvalue weighted by atomic mass is 15.0. The van der Waals surface area contributed by atoms with Crippen molar-refractivity contribution in [1.29, 1.82) is 0 Å². The summed E-state index contributed by atoms with van der Waals surface area (Å²) in [6.45, 7) is 4.70. The van der Waals surface area contributed by atoms with Gasteiger partial charge in [-0.3, -0.25) is 0 Å². The second-order valence-electron chi connectivity index (χ2n) is 6.32. The first-order valence-electron chi connectivity index (χ1n) is 7.99. The summed E-state index contributed by atoms with van der Waals surface area (Å²) in [5, 5.41) is 6.61. The first-order valence-corrected chi connectivity index (χ1v) is 7.99. The molecule has 0 spiro atoms. The van der Waals surface area contributed by atoms with Gasteiger partial charge in [0.25, 0.3) is 0 Å². The highest BCUT2D eigenvalue weighted by Crippen LogP contribution is 2.28. The molecule has 1 aliphatic carbocycles. The molecule has 1 saturated carbocycles. The number of benzene rings is 2. The van der Waals surface area contributed by atoms with Gasteiger partial charge < -0.3 is 5.32 Å². The standard InChI is InChI=1S/C19H25N/c1-14-8-3-6-13-19(14)20-15(2)17-12-7-10-16-9-4-5-11-18(16)17/h4-5,7,9-12,14-15,19-20H,3,6,8,13H2,1-2H3. The van der Waals surface area contributed by atoms with Crippen LogP contribution in [0.25, 0.3) is 10.8 Å². The zero-order chi connectivity index (χ0) is 13.9. The molecule has 1 N–H and O–H groups in total. The maximum absolute atomic E-state index is 3.88. The summed E-state index contributed by atoms with van der Waals surface area (Å²) < 4.78 is 0. The molecule has 0 bridgehead atoms. The molecule has 3 atom stereocenters. The summed E-state index contributed by atoms with van der Waals surface area (Å²) in [5.74, 6) is 0.807. The van der Waals surface area contributed by atoms with E-state index in [2.05, 4.69) is 61.6 Å². The van der Waals surface area contributed by atoms with E-state index in [0.717, 1.165) is 5.92 Å². The average Bonchev–Trinajstić information content (AvgIpc) is 2.49. The first kappa shape index (κ1) is 13.6. The zero-order valence-corrected chi connectivity index (χ0v) is 12.6. The van der Waals surface area contributed by atoms with Gasteiger partial charge in [0, 0.05) is 12.1 Å². The van der Waals surface area contributed by atoms with Crippen LogP contribution in [-0.2, 0) is 0 Å². The molecule has 1 heteroatoms. The van der Waals surface area contributed by atoms with Gasteiger partial charge in [0.2, 0.25) is 0 Å². The van der Waals surface area contributed by atoms with Crippen LogP contribution >= 0.6 is 0 Å². The Hall–Kier alpha value is -1.34. The van der Waals surface area contributed by atoms with Crippen molar-refractivity contribution in [1.82, 2.24) is 5.32 Å². The Balaban J connectivity index is 1.83. The van der Waals surface area contributed by atoms with Crippen LogP contribution in [0, 0.1) is 5.92 Å². The summed E-state index contributed by atoms with van der Waals surface area (Å²) in [7, 11) is 0. The third kappa shape index (κ3) is 2.73. The molecule has 1 aliphatic rings. The predicted molar refractivity (Wildman–Crippen MR) is 86.9 cm³/mol. The Morgan fingerprint density at radius 3 is 2.60 bits per heavy atom. The van der Waals surface area contributed by atoms with Crippen LogP contribution in [0.1, 0.15) is 51.1 Å². The molecular formula is C19H25N. The van der Waals surface area contributed by atoms with Crippen LogP contribution in [0.15, 0.2) is 42.5 Å². The Kier molecular flexibility index (Phi) is 4.07. The van der Waals surface area contributed by atoms with Crippen molar-refractivity contribution in [3.63, 3.8) is 0 Å². The number of fused-ring (bicyclic) bond motifs is 1. The second-order valence-corrected chi connectivity index (χ2v) is 6.32.